The standard InChI is InChI=1S/C17H14N6OS/c1-11-4-2-5-12(8-11)23-16-13(9-20-23)15(18-10-19-16)21-22-17(24)14-6-3-7-25-14/h2-10H,1H3,(H,22,24)(H,18,19,21). The van der Waals surface area contributed by atoms with Gasteiger partial charge < -0.3 is 0 Å². The molecule has 0 fully saturated rings. The van der Waals surface area contributed by atoms with E-state index in [-0.39, 0.29) is 5.91 Å². The van der Waals surface area contributed by atoms with Gasteiger partial charge in [0.25, 0.3) is 5.91 Å². The summed E-state index contributed by atoms with van der Waals surface area (Å²) in [6, 6.07) is 11.6. The number of hydrogen-bond donors (Lipinski definition) is 2. The van der Waals surface area contributed by atoms with Crippen molar-refractivity contribution in [3.63, 3.8) is 0 Å². The summed E-state index contributed by atoms with van der Waals surface area (Å²) < 4.78 is 1.75. The fraction of sp³-hybridized carbons (Fsp3) is 0.0588. The Morgan fingerprint density at radius 3 is 2.92 bits per heavy atom. The SMILES string of the molecule is Cc1cccc(-n2ncc3c(NNC(=O)c4cccs4)ncnc32)c1. The second-order valence-corrected chi connectivity index (χ2v) is 6.36. The summed E-state index contributed by atoms with van der Waals surface area (Å²) in [5.41, 5.74) is 8.22. The summed E-state index contributed by atoms with van der Waals surface area (Å²) in [4.78, 5) is 21.2. The van der Waals surface area contributed by atoms with Crippen LogP contribution < -0.4 is 10.9 Å². The van der Waals surface area contributed by atoms with Gasteiger partial charge in [-0.1, -0.05) is 18.2 Å². The van der Waals surface area contributed by atoms with E-state index in [2.05, 4.69) is 25.9 Å². The van der Waals surface area contributed by atoms with Gasteiger partial charge in [0, 0.05) is 0 Å². The number of carbonyl (C=O) groups excluding carboxylic acids is 1. The average Bonchev–Trinajstić information content (AvgIpc) is 3.29. The highest BCUT2D eigenvalue weighted by atomic mass is 32.1. The van der Waals surface area contributed by atoms with Gasteiger partial charge >= 0.3 is 0 Å². The van der Waals surface area contributed by atoms with E-state index >= 15 is 0 Å². The zero-order chi connectivity index (χ0) is 17.2. The van der Waals surface area contributed by atoms with Crippen LogP contribution in [-0.2, 0) is 0 Å². The molecule has 8 heteroatoms. The van der Waals surface area contributed by atoms with Crippen molar-refractivity contribution in [1.82, 2.24) is 25.2 Å². The molecule has 0 radical (unpaired) electrons. The maximum Gasteiger partial charge on any atom is 0.279 e. The minimum Gasteiger partial charge on any atom is -0.281 e. The van der Waals surface area contributed by atoms with E-state index in [1.807, 2.05) is 42.6 Å². The normalized spacial score (nSPS) is 10.8. The van der Waals surface area contributed by atoms with Crippen LogP contribution in [0.2, 0.25) is 0 Å². The first-order valence-corrected chi connectivity index (χ1v) is 8.46. The van der Waals surface area contributed by atoms with Gasteiger partial charge in [-0.15, -0.1) is 11.3 Å². The first-order chi connectivity index (χ1) is 12.2. The molecule has 2 N–H and O–H groups in total. The van der Waals surface area contributed by atoms with Crippen molar-refractivity contribution in [2.45, 2.75) is 6.92 Å². The van der Waals surface area contributed by atoms with Crippen molar-refractivity contribution in [2.24, 2.45) is 0 Å². The topological polar surface area (TPSA) is 84.7 Å². The van der Waals surface area contributed by atoms with Crippen molar-refractivity contribution < 1.29 is 4.79 Å². The molecule has 25 heavy (non-hydrogen) atoms. The fourth-order valence-electron chi connectivity index (χ4n) is 2.48. The van der Waals surface area contributed by atoms with Gasteiger partial charge in [-0.2, -0.15) is 5.10 Å². The van der Waals surface area contributed by atoms with Crippen LogP contribution in [0.1, 0.15) is 15.2 Å². The molecule has 4 rings (SSSR count). The zero-order valence-corrected chi connectivity index (χ0v) is 14.1. The van der Waals surface area contributed by atoms with Crippen molar-refractivity contribution in [2.75, 3.05) is 5.43 Å². The molecule has 0 atom stereocenters. The first kappa shape index (κ1) is 15.3. The highest BCUT2D eigenvalue weighted by Crippen LogP contribution is 2.21. The van der Waals surface area contributed by atoms with Crippen LogP contribution in [0, 0.1) is 6.92 Å². The number of thiophene rings is 1. The van der Waals surface area contributed by atoms with Crippen molar-refractivity contribution in [3.05, 3.63) is 64.7 Å². The molecule has 4 aromatic rings. The molecule has 3 aromatic heterocycles. The predicted octanol–water partition coefficient (Wildman–Crippen LogP) is 2.94. The number of carbonyl (C=O) groups is 1. The minimum absolute atomic E-state index is 0.215. The minimum atomic E-state index is -0.215. The number of aryl methyl sites for hydroxylation is 1. The lowest BCUT2D eigenvalue weighted by Crippen LogP contribution is -2.29. The number of hydrazine groups is 1. The number of nitrogens with zero attached hydrogens (tertiary/aromatic N) is 4. The average molecular weight is 350 g/mol. The Bertz CT molecular complexity index is 1040. The molecule has 7 nitrogen and oxygen atoms in total. The van der Waals surface area contributed by atoms with Crippen molar-refractivity contribution in [1.29, 1.82) is 0 Å². The molecule has 0 aliphatic heterocycles. The molecule has 0 bridgehead atoms. The Balaban J connectivity index is 1.64. The van der Waals surface area contributed by atoms with E-state index in [1.165, 1.54) is 17.7 Å². The summed E-state index contributed by atoms with van der Waals surface area (Å²) >= 11 is 1.37. The lowest BCUT2D eigenvalue weighted by molar-refractivity contribution is 0.0966. The van der Waals surface area contributed by atoms with Gasteiger partial charge in [0.15, 0.2) is 11.5 Å². The summed E-state index contributed by atoms with van der Waals surface area (Å²) in [5, 5.41) is 6.98. The van der Waals surface area contributed by atoms with Gasteiger partial charge in [-0.05, 0) is 36.1 Å². The van der Waals surface area contributed by atoms with Crippen LogP contribution in [0.5, 0.6) is 0 Å². The van der Waals surface area contributed by atoms with E-state index in [0.717, 1.165) is 16.6 Å². The lowest BCUT2D eigenvalue weighted by Gasteiger charge is -2.08. The van der Waals surface area contributed by atoms with Crippen LogP contribution in [0.3, 0.4) is 0 Å². The van der Waals surface area contributed by atoms with Crippen LogP contribution in [0.25, 0.3) is 16.7 Å². The largest absolute Gasteiger partial charge is 0.281 e. The molecule has 0 spiro atoms. The molecule has 1 amide bonds. The second kappa shape index (κ2) is 6.33. The number of benzene rings is 1. The van der Waals surface area contributed by atoms with E-state index < -0.39 is 0 Å². The Morgan fingerprint density at radius 1 is 1.20 bits per heavy atom. The molecule has 0 saturated heterocycles. The summed E-state index contributed by atoms with van der Waals surface area (Å²) in [6.07, 6.45) is 3.12. The molecule has 124 valence electrons. The summed E-state index contributed by atoms with van der Waals surface area (Å²) in [5.74, 6) is 0.279. The molecule has 3 heterocycles. The van der Waals surface area contributed by atoms with Crippen LogP contribution >= 0.6 is 11.3 Å². The number of nitrogens with one attached hydrogen (secondary N) is 2. The smallest absolute Gasteiger partial charge is 0.279 e. The van der Waals surface area contributed by atoms with E-state index in [1.54, 1.807) is 16.9 Å². The molecule has 0 aliphatic carbocycles. The monoisotopic (exact) mass is 350 g/mol. The van der Waals surface area contributed by atoms with Gasteiger partial charge in [-0.3, -0.25) is 15.6 Å². The van der Waals surface area contributed by atoms with Crippen LogP contribution in [-0.4, -0.2) is 25.7 Å². The molecule has 0 saturated carbocycles. The third-order valence-electron chi connectivity index (χ3n) is 3.65. The maximum absolute atomic E-state index is 12.1. The summed E-state index contributed by atoms with van der Waals surface area (Å²) in [6.45, 7) is 2.03. The number of rotatable bonds is 4. The Kier molecular flexibility index (Phi) is 3.87. The Labute approximate surface area is 147 Å². The number of amides is 1. The van der Waals surface area contributed by atoms with E-state index in [4.69, 9.17) is 0 Å². The van der Waals surface area contributed by atoms with E-state index in [0.29, 0.717) is 16.3 Å². The third-order valence-corrected chi connectivity index (χ3v) is 4.52. The molecular formula is C17H14N6OS. The van der Waals surface area contributed by atoms with Gasteiger partial charge in [-0.25, -0.2) is 14.6 Å². The van der Waals surface area contributed by atoms with E-state index in [9.17, 15) is 4.79 Å². The zero-order valence-electron chi connectivity index (χ0n) is 13.3. The lowest BCUT2D eigenvalue weighted by atomic mass is 10.2. The highest BCUT2D eigenvalue weighted by Gasteiger charge is 2.12. The second-order valence-electron chi connectivity index (χ2n) is 5.41. The molecule has 0 unspecified atom stereocenters. The maximum atomic E-state index is 12.1. The number of anilines is 1. The van der Waals surface area contributed by atoms with Gasteiger partial charge in [0.05, 0.1) is 22.1 Å². The molecule has 0 aliphatic rings. The highest BCUT2D eigenvalue weighted by molar-refractivity contribution is 7.12. The van der Waals surface area contributed by atoms with Crippen LogP contribution in [0.4, 0.5) is 5.82 Å². The third kappa shape index (κ3) is 2.94. The predicted molar refractivity (Wildman–Crippen MR) is 96.8 cm³/mol. The van der Waals surface area contributed by atoms with Crippen LogP contribution in [0.15, 0.2) is 54.3 Å². The quantitative estimate of drug-likeness (QED) is 0.553. The van der Waals surface area contributed by atoms with Gasteiger partial charge in [0.2, 0.25) is 0 Å². The molecule has 1 aromatic carbocycles. The number of aromatic nitrogens is 4. The van der Waals surface area contributed by atoms with Gasteiger partial charge in [0.1, 0.15) is 6.33 Å². The summed E-state index contributed by atoms with van der Waals surface area (Å²) in [7, 11) is 0. The number of hydrogen-bond acceptors (Lipinski definition) is 6. The Morgan fingerprint density at radius 2 is 2.12 bits per heavy atom. The fourth-order valence-corrected chi connectivity index (χ4v) is 3.10. The first-order valence-electron chi connectivity index (χ1n) is 7.58. The Hall–Kier alpha value is -3.26. The molecular weight excluding hydrogens is 336 g/mol. The van der Waals surface area contributed by atoms with Crippen molar-refractivity contribution in [3.8, 4) is 5.69 Å². The van der Waals surface area contributed by atoms with Crippen molar-refractivity contribution >= 4 is 34.1 Å². The number of fused-ring (bicyclic) bond motifs is 1.